The lowest BCUT2D eigenvalue weighted by Crippen LogP contribution is -2.19. The van der Waals surface area contributed by atoms with Crippen LogP contribution < -0.4 is 5.32 Å². The molecular weight excluding hydrogens is 238 g/mol. The number of furan rings is 1. The summed E-state index contributed by atoms with van der Waals surface area (Å²) in [5.74, 6) is 1.71. The molecule has 0 amide bonds. The average molecular weight is 252 g/mol. The summed E-state index contributed by atoms with van der Waals surface area (Å²) in [6, 6.07) is 4.05. The maximum atomic E-state index is 5.93. The molecule has 1 atom stereocenters. The topological polar surface area (TPSA) is 51.0 Å². The van der Waals surface area contributed by atoms with E-state index in [1.54, 1.807) is 6.26 Å². The van der Waals surface area contributed by atoms with Crippen molar-refractivity contribution in [3.05, 3.63) is 41.2 Å². The second-order valence-electron chi connectivity index (χ2n) is 3.97. The first-order valence-electron chi connectivity index (χ1n) is 5.43. The molecule has 2 rings (SSSR count). The second-order valence-corrected chi connectivity index (χ2v) is 4.32. The number of nitrogens with zero attached hydrogens (tertiary/aromatic N) is 2. The molecule has 1 N–H and O–H groups in total. The molecule has 5 heteroatoms. The van der Waals surface area contributed by atoms with Crippen LogP contribution >= 0.6 is 11.6 Å². The van der Waals surface area contributed by atoms with Gasteiger partial charge in [-0.15, -0.1) is 0 Å². The van der Waals surface area contributed by atoms with E-state index in [1.165, 1.54) is 6.33 Å². The van der Waals surface area contributed by atoms with Crippen LogP contribution in [0.3, 0.4) is 0 Å². The molecule has 0 fully saturated rings. The van der Waals surface area contributed by atoms with E-state index in [9.17, 15) is 0 Å². The minimum Gasteiger partial charge on any atom is -0.469 e. The highest BCUT2D eigenvalue weighted by Gasteiger charge is 2.10. The monoisotopic (exact) mass is 251 g/mol. The fourth-order valence-corrected chi connectivity index (χ4v) is 1.72. The van der Waals surface area contributed by atoms with Gasteiger partial charge in [-0.3, -0.25) is 0 Å². The summed E-state index contributed by atoms with van der Waals surface area (Å²) in [6.07, 6.45) is 3.93. The van der Waals surface area contributed by atoms with Gasteiger partial charge >= 0.3 is 0 Å². The van der Waals surface area contributed by atoms with E-state index >= 15 is 0 Å². The molecule has 4 nitrogen and oxygen atoms in total. The van der Waals surface area contributed by atoms with Gasteiger partial charge < -0.3 is 9.73 Å². The molecule has 2 aromatic heterocycles. The van der Waals surface area contributed by atoms with Crippen molar-refractivity contribution in [2.24, 2.45) is 0 Å². The Morgan fingerprint density at radius 1 is 1.47 bits per heavy atom. The highest BCUT2D eigenvalue weighted by Crippen LogP contribution is 2.19. The zero-order valence-electron chi connectivity index (χ0n) is 9.77. The van der Waals surface area contributed by atoms with Crippen LogP contribution in [0.1, 0.15) is 18.2 Å². The molecule has 17 heavy (non-hydrogen) atoms. The van der Waals surface area contributed by atoms with Gasteiger partial charge in [0.05, 0.1) is 6.26 Å². The number of halogens is 1. The predicted octanol–water partition coefficient (Wildman–Crippen LogP) is 3.07. The Hall–Kier alpha value is -1.55. The molecule has 0 aliphatic heterocycles. The van der Waals surface area contributed by atoms with Crippen molar-refractivity contribution in [3.8, 4) is 0 Å². The summed E-state index contributed by atoms with van der Waals surface area (Å²) < 4.78 is 5.30. The lowest BCUT2D eigenvalue weighted by atomic mass is 10.2. The maximum absolute atomic E-state index is 5.93. The lowest BCUT2D eigenvalue weighted by Gasteiger charge is -2.14. The Balaban J connectivity index is 2.03. The van der Waals surface area contributed by atoms with Gasteiger partial charge in [-0.1, -0.05) is 11.6 Å². The van der Waals surface area contributed by atoms with Crippen LogP contribution in [0.25, 0.3) is 0 Å². The molecule has 0 radical (unpaired) electrons. The van der Waals surface area contributed by atoms with Gasteiger partial charge in [0.25, 0.3) is 0 Å². The Labute approximate surface area is 105 Å². The van der Waals surface area contributed by atoms with E-state index in [2.05, 4.69) is 22.2 Å². The highest BCUT2D eigenvalue weighted by atomic mass is 35.5. The van der Waals surface area contributed by atoms with Gasteiger partial charge in [-0.25, -0.2) is 9.97 Å². The summed E-state index contributed by atoms with van der Waals surface area (Å²) >= 11 is 5.93. The number of hydrogen-bond donors (Lipinski definition) is 1. The summed E-state index contributed by atoms with van der Waals surface area (Å²) in [7, 11) is 0. The number of rotatable bonds is 4. The third-order valence-electron chi connectivity index (χ3n) is 2.49. The van der Waals surface area contributed by atoms with Crippen LogP contribution in [-0.2, 0) is 6.42 Å². The van der Waals surface area contributed by atoms with Crippen molar-refractivity contribution in [3.63, 3.8) is 0 Å². The van der Waals surface area contributed by atoms with Gasteiger partial charge in [0.2, 0.25) is 0 Å². The average Bonchev–Trinajstić information content (AvgIpc) is 2.77. The molecule has 0 bridgehead atoms. The van der Waals surface area contributed by atoms with Crippen LogP contribution in [0, 0.1) is 6.92 Å². The molecule has 0 spiro atoms. The molecule has 1 unspecified atom stereocenters. The summed E-state index contributed by atoms with van der Waals surface area (Å²) in [4.78, 5) is 8.09. The van der Waals surface area contributed by atoms with Gasteiger partial charge in [-0.05, 0) is 26.0 Å². The van der Waals surface area contributed by atoms with Crippen LogP contribution in [0.15, 0.2) is 29.1 Å². The van der Waals surface area contributed by atoms with E-state index in [0.717, 1.165) is 23.6 Å². The molecule has 0 aliphatic rings. The Kier molecular flexibility index (Phi) is 3.64. The van der Waals surface area contributed by atoms with Crippen LogP contribution in [0.5, 0.6) is 0 Å². The lowest BCUT2D eigenvalue weighted by molar-refractivity contribution is 0.497. The maximum Gasteiger partial charge on any atom is 0.137 e. The molecular formula is C12H14ClN3O. The van der Waals surface area contributed by atoms with Gasteiger partial charge in [0.1, 0.15) is 23.1 Å². The number of nitrogens with one attached hydrogen (secondary N) is 1. The van der Waals surface area contributed by atoms with Crippen molar-refractivity contribution < 1.29 is 4.42 Å². The molecule has 0 saturated heterocycles. The second kappa shape index (κ2) is 5.19. The van der Waals surface area contributed by atoms with E-state index in [0.29, 0.717) is 5.15 Å². The number of anilines is 1. The SMILES string of the molecule is Cc1c(Cl)ncnc1NC(C)Cc1ccco1. The zero-order valence-corrected chi connectivity index (χ0v) is 10.5. The minimum atomic E-state index is 0.214. The van der Waals surface area contributed by atoms with Crippen molar-refractivity contribution in [2.75, 3.05) is 5.32 Å². The molecule has 2 aromatic rings. The first-order valence-corrected chi connectivity index (χ1v) is 5.80. The van der Waals surface area contributed by atoms with Crippen LogP contribution in [0.2, 0.25) is 5.15 Å². The summed E-state index contributed by atoms with van der Waals surface area (Å²) in [6.45, 7) is 3.96. The molecule has 0 aliphatic carbocycles. The third kappa shape index (κ3) is 2.97. The van der Waals surface area contributed by atoms with E-state index in [4.69, 9.17) is 16.0 Å². The van der Waals surface area contributed by atoms with Crippen molar-refractivity contribution in [2.45, 2.75) is 26.3 Å². The fourth-order valence-electron chi connectivity index (χ4n) is 1.59. The van der Waals surface area contributed by atoms with Crippen LogP contribution in [-0.4, -0.2) is 16.0 Å². The minimum absolute atomic E-state index is 0.214. The summed E-state index contributed by atoms with van der Waals surface area (Å²) in [5.41, 5.74) is 0.862. The Bertz CT molecular complexity index is 485. The zero-order chi connectivity index (χ0) is 12.3. The van der Waals surface area contributed by atoms with Crippen LogP contribution in [0.4, 0.5) is 5.82 Å². The molecule has 90 valence electrons. The fraction of sp³-hybridized carbons (Fsp3) is 0.333. The smallest absolute Gasteiger partial charge is 0.137 e. The first kappa shape index (κ1) is 11.9. The van der Waals surface area contributed by atoms with Gasteiger partial charge in [-0.2, -0.15) is 0 Å². The summed E-state index contributed by atoms with van der Waals surface area (Å²) in [5, 5.41) is 3.77. The van der Waals surface area contributed by atoms with E-state index < -0.39 is 0 Å². The van der Waals surface area contributed by atoms with Gasteiger partial charge in [0, 0.05) is 18.0 Å². The molecule has 0 aromatic carbocycles. The van der Waals surface area contributed by atoms with Crippen molar-refractivity contribution >= 4 is 17.4 Å². The molecule has 0 saturated carbocycles. The third-order valence-corrected chi connectivity index (χ3v) is 2.87. The van der Waals surface area contributed by atoms with E-state index in [1.807, 2.05) is 19.1 Å². The van der Waals surface area contributed by atoms with Crippen molar-refractivity contribution in [1.29, 1.82) is 0 Å². The quantitative estimate of drug-likeness (QED) is 0.849. The highest BCUT2D eigenvalue weighted by molar-refractivity contribution is 6.30. The predicted molar refractivity (Wildman–Crippen MR) is 67.3 cm³/mol. The first-order chi connectivity index (χ1) is 8.16. The van der Waals surface area contributed by atoms with Crippen molar-refractivity contribution in [1.82, 2.24) is 9.97 Å². The van der Waals surface area contributed by atoms with Gasteiger partial charge in [0.15, 0.2) is 0 Å². The Morgan fingerprint density at radius 2 is 2.29 bits per heavy atom. The molecule has 2 heterocycles. The number of hydrogen-bond acceptors (Lipinski definition) is 4. The largest absolute Gasteiger partial charge is 0.469 e. The van der Waals surface area contributed by atoms with E-state index in [-0.39, 0.29) is 6.04 Å². The number of aromatic nitrogens is 2. The normalized spacial score (nSPS) is 12.4. The Morgan fingerprint density at radius 3 is 3.00 bits per heavy atom. The standard InChI is InChI=1S/C12H14ClN3O/c1-8(6-10-4-3-5-17-10)16-12-9(2)11(13)14-7-15-12/h3-5,7-8H,6H2,1-2H3,(H,14,15,16).